The summed E-state index contributed by atoms with van der Waals surface area (Å²) < 4.78 is 33.1. The average molecular weight is 333 g/mol. The Morgan fingerprint density at radius 3 is 2.62 bits per heavy atom. The van der Waals surface area contributed by atoms with Gasteiger partial charge in [0.05, 0.1) is 7.11 Å². The molecule has 1 fully saturated rings. The van der Waals surface area contributed by atoms with Crippen molar-refractivity contribution in [2.75, 3.05) is 13.7 Å². The van der Waals surface area contributed by atoms with Crippen LogP contribution in [-0.4, -0.2) is 28.1 Å². The van der Waals surface area contributed by atoms with Crippen LogP contribution in [0.3, 0.4) is 0 Å². The Bertz CT molecular complexity index is 619. The maximum absolute atomic E-state index is 12.5. The molecule has 7 heteroatoms. The van der Waals surface area contributed by atoms with Crippen LogP contribution in [0.5, 0.6) is 5.75 Å². The highest BCUT2D eigenvalue weighted by molar-refractivity contribution is 7.89. The molecule has 2 N–H and O–H groups in total. The van der Waals surface area contributed by atoms with E-state index in [1.54, 1.807) is 6.07 Å². The molecule has 2 unspecified atom stereocenters. The molecule has 1 aromatic rings. The van der Waals surface area contributed by atoms with Crippen molar-refractivity contribution in [2.24, 2.45) is 5.92 Å². The van der Waals surface area contributed by atoms with Gasteiger partial charge in [-0.25, -0.2) is 13.1 Å². The Morgan fingerprint density at radius 2 is 2.10 bits per heavy atom. The number of benzene rings is 1. The molecule has 0 heterocycles. The first-order valence-corrected chi connectivity index (χ1v) is 8.84. The molecule has 0 saturated heterocycles. The van der Waals surface area contributed by atoms with Crippen molar-refractivity contribution in [2.45, 2.75) is 37.8 Å². The van der Waals surface area contributed by atoms with Gasteiger partial charge in [0, 0.05) is 23.2 Å². The summed E-state index contributed by atoms with van der Waals surface area (Å²) in [4.78, 5) is 0.101. The third kappa shape index (κ3) is 3.88. The molecule has 0 amide bonds. The Morgan fingerprint density at radius 1 is 1.43 bits per heavy atom. The number of hydrogen-bond donors (Lipinski definition) is 2. The number of hydrogen-bond acceptors (Lipinski definition) is 4. The fraction of sp³-hybridized carbons (Fsp3) is 0.571. The van der Waals surface area contributed by atoms with Gasteiger partial charge < -0.3 is 10.1 Å². The van der Waals surface area contributed by atoms with Gasteiger partial charge in [0.15, 0.2) is 0 Å². The molecule has 1 aromatic carbocycles. The highest BCUT2D eigenvalue weighted by atomic mass is 35.5. The van der Waals surface area contributed by atoms with E-state index in [1.165, 1.54) is 13.2 Å². The Balaban J connectivity index is 2.39. The second-order valence-electron chi connectivity index (χ2n) is 5.32. The van der Waals surface area contributed by atoms with Crippen molar-refractivity contribution in [1.82, 2.24) is 10.0 Å². The molecule has 2 rings (SSSR count). The highest BCUT2D eigenvalue weighted by Crippen LogP contribution is 2.35. The van der Waals surface area contributed by atoms with Gasteiger partial charge in [-0.3, -0.25) is 0 Å². The Labute approximate surface area is 131 Å². The van der Waals surface area contributed by atoms with E-state index in [-0.39, 0.29) is 10.9 Å². The number of ether oxygens (including phenoxy) is 1. The normalized spacial score (nSPS) is 21.3. The minimum absolute atomic E-state index is 0.0101. The van der Waals surface area contributed by atoms with Gasteiger partial charge in [-0.1, -0.05) is 25.4 Å². The van der Waals surface area contributed by atoms with Crippen molar-refractivity contribution in [3.05, 3.63) is 22.7 Å². The van der Waals surface area contributed by atoms with Crippen LogP contribution in [0.15, 0.2) is 17.0 Å². The smallest absolute Gasteiger partial charge is 0.244 e. The zero-order chi connectivity index (χ0) is 15.6. The van der Waals surface area contributed by atoms with Gasteiger partial charge in [0.1, 0.15) is 10.6 Å². The van der Waals surface area contributed by atoms with E-state index in [9.17, 15) is 8.42 Å². The summed E-state index contributed by atoms with van der Waals surface area (Å²) in [5.41, 5.74) is 0.732. The van der Waals surface area contributed by atoms with Gasteiger partial charge >= 0.3 is 0 Å². The monoisotopic (exact) mass is 332 g/mol. The fourth-order valence-corrected chi connectivity index (χ4v) is 4.09. The van der Waals surface area contributed by atoms with Crippen molar-refractivity contribution in [3.8, 4) is 5.75 Å². The van der Waals surface area contributed by atoms with E-state index >= 15 is 0 Å². The van der Waals surface area contributed by atoms with Gasteiger partial charge in [-0.2, -0.15) is 0 Å². The minimum Gasteiger partial charge on any atom is -0.495 e. The van der Waals surface area contributed by atoms with Crippen LogP contribution in [0, 0.1) is 5.92 Å². The third-order valence-corrected chi connectivity index (χ3v) is 5.29. The van der Waals surface area contributed by atoms with Gasteiger partial charge in [0.25, 0.3) is 0 Å². The first-order valence-electron chi connectivity index (χ1n) is 6.98. The molecule has 0 aromatic heterocycles. The predicted molar refractivity (Wildman–Crippen MR) is 83.3 cm³/mol. The first kappa shape index (κ1) is 16.5. The molecule has 1 aliphatic rings. The molecule has 21 heavy (non-hydrogen) atoms. The lowest BCUT2D eigenvalue weighted by Gasteiger charge is -2.15. The van der Waals surface area contributed by atoms with Crippen LogP contribution < -0.4 is 14.8 Å². The summed E-state index contributed by atoms with van der Waals surface area (Å²) in [5.74, 6) is 0.729. The predicted octanol–water partition coefficient (Wildman–Crippen LogP) is 2.14. The summed E-state index contributed by atoms with van der Waals surface area (Å²) in [7, 11) is -2.16. The van der Waals surface area contributed by atoms with E-state index in [0.29, 0.717) is 23.2 Å². The quantitative estimate of drug-likeness (QED) is 0.803. The van der Waals surface area contributed by atoms with E-state index in [2.05, 4.69) is 10.0 Å². The summed E-state index contributed by atoms with van der Waals surface area (Å²) in [6.45, 7) is 5.27. The standard InChI is InChI=1S/C14H21ClN2O3S/c1-4-16-8-10-6-11(15)7-13(14(10)20-3)21(18,19)17-12-5-9(12)2/h6-7,9,12,16-17H,4-5,8H2,1-3H3. The molecule has 2 atom stereocenters. The number of methoxy groups -OCH3 is 1. The van der Waals surface area contributed by atoms with E-state index < -0.39 is 10.0 Å². The Hall–Kier alpha value is -0.820. The van der Waals surface area contributed by atoms with Crippen LogP contribution in [0.4, 0.5) is 0 Å². The second kappa shape index (κ2) is 6.52. The zero-order valence-corrected chi connectivity index (χ0v) is 14.0. The lowest BCUT2D eigenvalue weighted by Crippen LogP contribution is -2.27. The molecule has 1 aliphatic carbocycles. The summed E-state index contributed by atoms with van der Waals surface area (Å²) in [6.07, 6.45) is 0.867. The molecule has 0 aliphatic heterocycles. The van der Waals surface area contributed by atoms with Crippen molar-refractivity contribution in [3.63, 3.8) is 0 Å². The van der Waals surface area contributed by atoms with Gasteiger partial charge in [-0.05, 0) is 31.0 Å². The van der Waals surface area contributed by atoms with Crippen LogP contribution in [0.25, 0.3) is 0 Å². The molecule has 0 bridgehead atoms. The van der Waals surface area contributed by atoms with Gasteiger partial charge in [-0.15, -0.1) is 0 Å². The number of halogens is 1. The van der Waals surface area contributed by atoms with Crippen molar-refractivity contribution < 1.29 is 13.2 Å². The van der Waals surface area contributed by atoms with Crippen molar-refractivity contribution in [1.29, 1.82) is 0 Å². The molecule has 1 saturated carbocycles. The van der Waals surface area contributed by atoms with Crippen LogP contribution in [0.1, 0.15) is 25.8 Å². The van der Waals surface area contributed by atoms with Crippen LogP contribution in [-0.2, 0) is 16.6 Å². The number of nitrogens with one attached hydrogen (secondary N) is 2. The summed E-state index contributed by atoms with van der Waals surface area (Å²) in [6, 6.07) is 3.17. The largest absolute Gasteiger partial charge is 0.495 e. The molecule has 118 valence electrons. The van der Waals surface area contributed by atoms with Crippen LogP contribution >= 0.6 is 11.6 Å². The van der Waals surface area contributed by atoms with Gasteiger partial charge in [0.2, 0.25) is 10.0 Å². The lowest BCUT2D eigenvalue weighted by molar-refractivity contribution is 0.395. The number of sulfonamides is 1. The lowest BCUT2D eigenvalue weighted by atomic mass is 10.2. The third-order valence-electron chi connectivity index (χ3n) is 3.57. The Kier molecular flexibility index (Phi) is 5.14. The van der Waals surface area contributed by atoms with Crippen LogP contribution in [0.2, 0.25) is 5.02 Å². The second-order valence-corrected chi connectivity index (χ2v) is 7.44. The maximum Gasteiger partial charge on any atom is 0.244 e. The minimum atomic E-state index is -3.63. The maximum atomic E-state index is 12.5. The highest BCUT2D eigenvalue weighted by Gasteiger charge is 2.37. The van der Waals surface area contributed by atoms with E-state index in [4.69, 9.17) is 16.3 Å². The van der Waals surface area contributed by atoms with E-state index in [1.807, 2.05) is 13.8 Å². The summed E-state index contributed by atoms with van der Waals surface area (Å²) >= 11 is 6.07. The number of rotatable bonds is 7. The zero-order valence-electron chi connectivity index (χ0n) is 12.4. The molecule has 5 nitrogen and oxygen atoms in total. The molecule has 0 radical (unpaired) electrons. The first-order chi connectivity index (χ1) is 9.89. The fourth-order valence-electron chi connectivity index (χ4n) is 2.19. The molecule has 0 spiro atoms. The SMILES string of the molecule is CCNCc1cc(Cl)cc(S(=O)(=O)NC2CC2C)c1OC. The molecular weight excluding hydrogens is 312 g/mol. The molecular formula is C14H21ClN2O3S. The average Bonchev–Trinajstić information content (AvgIpc) is 3.10. The van der Waals surface area contributed by atoms with E-state index in [0.717, 1.165) is 18.5 Å². The topological polar surface area (TPSA) is 67.4 Å². The summed E-state index contributed by atoms with van der Waals surface area (Å²) in [5, 5.41) is 3.53. The van der Waals surface area contributed by atoms with Crippen molar-refractivity contribution >= 4 is 21.6 Å².